The minimum atomic E-state index is -0.287. The number of carbonyl (C=O) groups is 1. The Morgan fingerprint density at radius 3 is 2.83 bits per heavy atom. The smallest absolute Gasteiger partial charge is 0.163 e. The van der Waals surface area contributed by atoms with Crippen LogP contribution < -0.4 is 0 Å². The molecule has 0 N–H and O–H groups in total. The van der Waals surface area contributed by atoms with E-state index in [9.17, 15) is 9.18 Å². The molecule has 0 aromatic heterocycles. The molecule has 0 heterocycles. The molecule has 0 atom stereocenters. The summed E-state index contributed by atoms with van der Waals surface area (Å²) in [7, 11) is 0. The van der Waals surface area contributed by atoms with E-state index >= 15 is 0 Å². The summed E-state index contributed by atoms with van der Waals surface area (Å²) in [5.41, 5.74) is 1.57. The van der Waals surface area contributed by atoms with Crippen LogP contribution in [0.15, 0.2) is 12.1 Å². The number of hydrogen-bond acceptors (Lipinski definition) is 1. The Morgan fingerprint density at radius 2 is 2.08 bits per heavy atom. The van der Waals surface area contributed by atoms with E-state index in [0.717, 1.165) is 12.0 Å². The molecule has 0 radical (unpaired) electrons. The number of ketones is 1. The van der Waals surface area contributed by atoms with Gasteiger partial charge in [-0.25, -0.2) is 4.39 Å². The van der Waals surface area contributed by atoms with E-state index in [4.69, 9.17) is 0 Å². The number of fused-ring (bicyclic) bond motifs is 1. The van der Waals surface area contributed by atoms with Crippen LogP contribution in [-0.2, 0) is 6.42 Å². The van der Waals surface area contributed by atoms with E-state index in [0.29, 0.717) is 15.6 Å². The Labute approximate surface area is 83.1 Å². The monoisotopic (exact) mass is 276 g/mol. The van der Waals surface area contributed by atoms with Gasteiger partial charge in [-0.05, 0) is 46.7 Å². The van der Waals surface area contributed by atoms with Crippen LogP contribution >= 0.6 is 22.6 Å². The number of rotatable bonds is 0. The van der Waals surface area contributed by atoms with E-state index in [-0.39, 0.29) is 11.6 Å². The maximum atomic E-state index is 13.0. The van der Waals surface area contributed by atoms with Crippen LogP contribution in [0, 0.1) is 9.39 Å². The first-order chi connectivity index (χ1) is 5.68. The Balaban J connectivity index is 2.63. The summed E-state index contributed by atoms with van der Waals surface area (Å²) >= 11 is 1.94. The maximum Gasteiger partial charge on any atom is 0.163 e. The molecule has 1 nitrogen and oxygen atoms in total. The van der Waals surface area contributed by atoms with Gasteiger partial charge >= 0.3 is 0 Å². The highest BCUT2D eigenvalue weighted by molar-refractivity contribution is 14.1. The SMILES string of the molecule is O=C1CCc2cc(I)c(F)cc21. The molecule has 3 heteroatoms. The first-order valence-electron chi connectivity index (χ1n) is 3.69. The van der Waals surface area contributed by atoms with Crippen LogP contribution in [0.4, 0.5) is 4.39 Å². The van der Waals surface area contributed by atoms with Gasteiger partial charge in [0.15, 0.2) is 5.78 Å². The normalized spacial score (nSPS) is 15.0. The molecule has 0 saturated carbocycles. The van der Waals surface area contributed by atoms with Gasteiger partial charge in [-0.3, -0.25) is 4.79 Å². The van der Waals surface area contributed by atoms with Crippen molar-refractivity contribution in [2.75, 3.05) is 0 Å². The lowest BCUT2D eigenvalue weighted by Crippen LogP contribution is -1.93. The van der Waals surface area contributed by atoms with Crippen molar-refractivity contribution in [1.29, 1.82) is 0 Å². The van der Waals surface area contributed by atoms with Crippen molar-refractivity contribution in [3.63, 3.8) is 0 Å². The molecule has 1 aromatic carbocycles. The van der Waals surface area contributed by atoms with Crippen LogP contribution in [0.25, 0.3) is 0 Å². The van der Waals surface area contributed by atoms with Crippen LogP contribution in [0.2, 0.25) is 0 Å². The molecule has 0 aliphatic heterocycles. The zero-order chi connectivity index (χ0) is 8.72. The summed E-state index contributed by atoms with van der Waals surface area (Å²) in [6.07, 6.45) is 1.30. The van der Waals surface area contributed by atoms with E-state index in [1.54, 1.807) is 6.07 Å². The second-order valence-electron chi connectivity index (χ2n) is 2.85. The van der Waals surface area contributed by atoms with Gasteiger partial charge in [-0.1, -0.05) is 0 Å². The zero-order valence-corrected chi connectivity index (χ0v) is 8.39. The average molecular weight is 276 g/mol. The van der Waals surface area contributed by atoms with Crippen LogP contribution in [0.5, 0.6) is 0 Å². The highest BCUT2D eigenvalue weighted by Gasteiger charge is 2.20. The third-order valence-corrected chi connectivity index (χ3v) is 2.89. The van der Waals surface area contributed by atoms with Crippen molar-refractivity contribution in [3.05, 3.63) is 32.6 Å². The summed E-state index contributed by atoms with van der Waals surface area (Å²) in [5, 5.41) is 0. The van der Waals surface area contributed by atoms with Gasteiger partial charge in [-0.15, -0.1) is 0 Å². The van der Waals surface area contributed by atoms with Gasteiger partial charge in [0.2, 0.25) is 0 Å². The van der Waals surface area contributed by atoms with Gasteiger partial charge in [0.25, 0.3) is 0 Å². The molecule has 1 aliphatic rings. The number of aryl methyl sites for hydroxylation is 1. The molecule has 62 valence electrons. The highest BCUT2D eigenvalue weighted by Crippen LogP contribution is 2.25. The number of Topliss-reactive ketones (excluding diaryl/α,β-unsaturated/α-hetero) is 1. The molecule has 0 saturated heterocycles. The molecular weight excluding hydrogens is 270 g/mol. The van der Waals surface area contributed by atoms with Crippen LogP contribution in [0.3, 0.4) is 0 Å². The standard InChI is InChI=1S/C9H6FIO/c10-7-4-6-5(3-8(7)11)1-2-9(6)12/h3-4H,1-2H2. The van der Waals surface area contributed by atoms with Gasteiger partial charge in [0.1, 0.15) is 5.82 Å². The van der Waals surface area contributed by atoms with E-state index in [1.165, 1.54) is 6.07 Å². The molecule has 0 spiro atoms. The number of carbonyl (C=O) groups excluding carboxylic acids is 1. The highest BCUT2D eigenvalue weighted by atomic mass is 127. The Kier molecular flexibility index (Phi) is 1.90. The van der Waals surface area contributed by atoms with Crippen molar-refractivity contribution < 1.29 is 9.18 Å². The van der Waals surface area contributed by atoms with Crippen molar-refractivity contribution in [2.24, 2.45) is 0 Å². The largest absolute Gasteiger partial charge is 0.294 e. The lowest BCUT2D eigenvalue weighted by Gasteiger charge is -1.99. The topological polar surface area (TPSA) is 17.1 Å². The van der Waals surface area contributed by atoms with Gasteiger partial charge in [0.05, 0.1) is 0 Å². The molecule has 0 amide bonds. The van der Waals surface area contributed by atoms with Crippen molar-refractivity contribution in [2.45, 2.75) is 12.8 Å². The Hall–Kier alpha value is -0.450. The lowest BCUT2D eigenvalue weighted by atomic mass is 10.1. The third-order valence-electron chi connectivity index (χ3n) is 2.07. The summed E-state index contributed by atoms with van der Waals surface area (Å²) < 4.78 is 13.6. The Morgan fingerprint density at radius 1 is 1.33 bits per heavy atom. The second-order valence-corrected chi connectivity index (χ2v) is 4.01. The molecule has 1 aliphatic carbocycles. The third kappa shape index (κ3) is 1.16. The first kappa shape index (κ1) is 8.16. The molecule has 1 aromatic rings. The fraction of sp³-hybridized carbons (Fsp3) is 0.222. The fourth-order valence-electron chi connectivity index (χ4n) is 1.44. The summed E-state index contributed by atoms with van der Waals surface area (Å²) in [4.78, 5) is 11.2. The van der Waals surface area contributed by atoms with Gasteiger partial charge in [0, 0.05) is 15.6 Å². The Bertz CT molecular complexity index is 360. The predicted molar refractivity (Wildman–Crippen MR) is 51.8 cm³/mol. The number of hydrogen-bond donors (Lipinski definition) is 0. The van der Waals surface area contributed by atoms with Crippen molar-refractivity contribution in [3.8, 4) is 0 Å². The molecule has 2 rings (SSSR count). The summed E-state index contributed by atoms with van der Waals surface area (Å²) in [6.45, 7) is 0. The predicted octanol–water partition coefficient (Wildman–Crippen LogP) is 2.56. The van der Waals surface area contributed by atoms with E-state index in [1.807, 2.05) is 22.6 Å². The zero-order valence-electron chi connectivity index (χ0n) is 6.23. The van der Waals surface area contributed by atoms with Crippen LogP contribution in [0.1, 0.15) is 22.3 Å². The quantitative estimate of drug-likeness (QED) is 0.665. The maximum absolute atomic E-state index is 13.0. The summed E-state index contributed by atoms with van der Waals surface area (Å²) in [6, 6.07) is 3.11. The van der Waals surface area contributed by atoms with Gasteiger partial charge in [-0.2, -0.15) is 0 Å². The van der Waals surface area contributed by atoms with Gasteiger partial charge < -0.3 is 0 Å². The molecule has 12 heavy (non-hydrogen) atoms. The molecule has 0 fully saturated rings. The fourth-order valence-corrected chi connectivity index (χ4v) is 1.97. The minimum Gasteiger partial charge on any atom is -0.294 e. The minimum absolute atomic E-state index is 0.0697. The van der Waals surface area contributed by atoms with E-state index < -0.39 is 0 Å². The van der Waals surface area contributed by atoms with Crippen molar-refractivity contribution in [1.82, 2.24) is 0 Å². The average Bonchev–Trinajstić information content (AvgIpc) is 2.35. The number of halogens is 2. The second kappa shape index (κ2) is 2.80. The summed E-state index contributed by atoms with van der Waals surface area (Å²) in [5.74, 6) is -0.218. The molecule has 0 unspecified atom stereocenters. The number of benzene rings is 1. The first-order valence-corrected chi connectivity index (χ1v) is 4.77. The lowest BCUT2D eigenvalue weighted by molar-refractivity contribution is 0.0994. The van der Waals surface area contributed by atoms with Crippen LogP contribution in [-0.4, -0.2) is 5.78 Å². The molecule has 0 bridgehead atoms. The van der Waals surface area contributed by atoms with Crippen molar-refractivity contribution >= 4 is 28.4 Å². The molecular formula is C9H6FIO. The van der Waals surface area contributed by atoms with E-state index in [2.05, 4.69) is 0 Å².